The van der Waals surface area contributed by atoms with Gasteiger partial charge in [0.1, 0.15) is 0 Å². The summed E-state index contributed by atoms with van der Waals surface area (Å²) in [6.07, 6.45) is -9.55. The van der Waals surface area contributed by atoms with Crippen LogP contribution in [0.15, 0.2) is 48.5 Å². The molecule has 0 aliphatic carbocycles. The number of hydrogen-bond acceptors (Lipinski definition) is 2. The topological polar surface area (TPSA) is 50.4 Å². The molecule has 0 bridgehead atoms. The Morgan fingerprint density at radius 2 is 1.54 bits per heavy atom. The zero-order chi connectivity index (χ0) is 19.4. The Hall–Kier alpha value is -2.91. The molecular weight excluding hydrogens is 366 g/mol. The molecular formula is C16H12F6N2O2. The van der Waals surface area contributed by atoms with Crippen molar-refractivity contribution in [3.63, 3.8) is 0 Å². The number of alkyl halides is 6. The minimum absolute atomic E-state index is 0.185. The number of para-hydroxylation sites is 2. The number of nitrogens with one attached hydrogen (secondary N) is 2. The van der Waals surface area contributed by atoms with Gasteiger partial charge >= 0.3 is 18.6 Å². The van der Waals surface area contributed by atoms with Gasteiger partial charge in [0.25, 0.3) is 0 Å². The Kier molecular flexibility index (Phi) is 5.63. The monoisotopic (exact) mass is 378 g/mol. The second-order valence-corrected chi connectivity index (χ2v) is 5.01. The molecule has 2 N–H and O–H groups in total. The summed E-state index contributed by atoms with van der Waals surface area (Å²) >= 11 is 0. The predicted octanol–water partition coefficient (Wildman–Crippen LogP) is 4.93. The largest absolute Gasteiger partial charge is 0.573 e. The van der Waals surface area contributed by atoms with Gasteiger partial charge in [-0.2, -0.15) is 13.2 Å². The SMILES string of the molecule is O=C(NCc1ccccc1C(F)(F)F)Nc1ccccc1OC(F)(F)F. The normalized spacial score (nSPS) is 11.8. The van der Waals surface area contributed by atoms with Gasteiger partial charge in [0.2, 0.25) is 0 Å². The molecule has 0 unspecified atom stereocenters. The van der Waals surface area contributed by atoms with Gasteiger partial charge in [0.05, 0.1) is 11.3 Å². The third-order valence-corrected chi connectivity index (χ3v) is 3.12. The van der Waals surface area contributed by atoms with E-state index < -0.39 is 36.4 Å². The molecule has 0 saturated heterocycles. The first-order valence-electron chi connectivity index (χ1n) is 7.11. The van der Waals surface area contributed by atoms with Crippen molar-refractivity contribution in [2.24, 2.45) is 0 Å². The van der Waals surface area contributed by atoms with Crippen LogP contribution < -0.4 is 15.4 Å². The molecule has 0 heterocycles. The highest BCUT2D eigenvalue weighted by Gasteiger charge is 2.33. The lowest BCUT2D eigenvalue weighted by atomic mass is 10.1. The van der Waals surface area contributed by atoms with Gasteiger partial charge in [0.15, 0.2) is 5.75 Å². The van der Waals surface area contributed by atoms with E-state index in [1.807, 2.05) is 0 Å². The molecule has 0 saturated carbocycles. The van der Waals surface area contributed by atoms with Crippen LogP contribution in [-0.4, -0.2) is 12.4 Å². The minimum atomic E-state index is -4.96. The molecule has 0 fully saturated rings. The number of benzene rings is 2. The van der Waals surface area contributed by atoms with E-state index in [2.05, 4.69) is 15.4 Å². The second-order valence-electron chi connectivity index (χ2n) is 5.01. The van der Waals surface area contributed by atoms with Crippen molar-refractivity contribution in [1.29, 1.82) is 0 Å². The van der Waals surface area contributed by atoms with Crippen molar-refractivity contribution >= 4 is 11.7 Å². The van der Waals surface area contributed by atoms with Crippen LogP contribution in [0.3, 0.4) is 0 Å². The Morgan fingerprint density at radius 3 is 2.19 bits per heavy atom. The van der Waals surface area contributed by atoms with Crippen LogP contribution in [0.4, 0.5) is 36.8 Å². The van der Waals surface area contributed by atoms with E-state index in [0.29, 0.717) is 0 Å². The molecule has 0 atom stereocenters. The Morgan fingerprint density at radius 1 is 0.923 bits per heavy atom. The zero-order valence-electron chi connectivity index (χ0n) is 12.9. The molecule has 0 aromatic heterocycles. The lowest BCUT2D eigenvalue weighted by molar-refractivity contribution is -0.274. The third kappa shape index (κ3) is 5.57. The molecule has 0 aliphatic heterocycles. The summed E-state index contributed by atoms with van der Waals surface area (Å²) in [6, 6.07) is 8.41. The molecule has 2 aromatic rings. The highest BCUT2D eigenvalue weighted by atomic mass is 19.4. The number of carbonyl (C=O) groups excluding carboxylic acids is 1. The minimum Gasteiger partial charge on any atom is -0.404 e. The fourth-order valence-corrected chi connectivity index (χ4v) is 2.08. The maximum absolute atomic E-state index is 12.9. The van der Waals surface area contributed by atoms with Crippen molar-refractivity contribution in [3.8, 4) is 5.75 Å². The smallest absolute Gasteiger partial charge is 0.404 e. The van der Waals surface area contributed by atoms with Gasteiger partial charge in [-0.05, 0) is 23.8 Å². The van der Waals surface area contributed by atoms with E-state index in [-0.39, 0.29) is 11.3 Å². The Balaban J connectivity index is 2.05. The highest BCUT2D eigenvalue weighted by Crippen LogP contribution is 2.32. The Bertz CT molecular complexity index is 774. The summed E-state index contributed by atoms with van der Waals surface area (Å²) < 4.78 is 79.4. The summed E-state index contributed by atoms with van der Waals surface area (Å²) in [6.45, 7) is -0.468. The molecule has 0 spiro atoms. The first kappa shape index (κ1) is 19.4. The van der Waals surface area contributed by atoms with Gasteiger partial charge in [-0.15, -0.1) is 13.2 Å². The number of hydrogen-bond donors (Lipinski definition) is 2. The predicted molar refractivity (Wildman–Crippen MR) is 80.4 cm³/mol. The van der Waals surface area contributed by atoms with Crippen LogP contribution in [-0.2, 0) is 12.7 Å². The van der Waals surface area contributed by atoms with Crippen molar-refractivity contribution in [1.82, 2.24) is 5.32 Å². The summed E-state index contributed by atoms with van der Waals surface area (Å²) in [4.78, 5) is 11.8. The molecule has 2 rings (SSSR count). The number of amides is 2. The summed E-state index contributed by atoms with van der Waals surface area (Å²) in [7, 11) is 0. The molecule has 140 valence electrons. The van der Waals surface area contributed by atoms with Gasteiger partial charge in [0, 0.05) is 6.54 Å². The molecule has 0 radical (unpaired) electrons. The maximum Gasteiger partial charge on any atom is 0.573 e. The number of carbonyl (C=O) groups is 1. The second kappa shape index (κ2) is 7.54. The lowest BCUT2D eigenvalue weighted by Crippen LogP contribution is -2.29. The first-order chi connectivity index (χ1) is 12.1. The summed E-state index contributed by atoms with van der Waals surface area (Å²) in [5.41, 5.74) is -1.39. The fourth-order valence-electron chi connectivity index (χ4n) is 2.08. The number of ether oxygens (including phenoxy) is 1. The van der Waals surface area contributed by atoms with Crippen molar-refractivity contribution in [2.75, 3.05) is 5.32 Å². The fraction of sp³-hybridized carbons (Fsp3) is 0.188. The number of rotatable bonds is 4. The van der Waals surface area contributed by atoms with E-state index in [1.54, 1.807) is 0 Å². The van der Waals surface area contributed by atoms with E-state index in [0.717, 1.165) is 18.2 Å². The van der Waals surface area contributed by atoms with Crippen LogP contribution in [0.25, 0.3) is 0 Å². The zero-order valence-corrected chi connectivity index (χ0v) is 12.9. The van der Waals surface area contributed by atoms with Gasteiger partial charge in [-0.25, -0.2) is 4.79 Å². The van der Waals surface area contributed by atoms with Gasteiger partial charge in [-0.1, -0.05) is 30.3 Å². The van der Waals surface area contributed by atoms with Crippen LogP contribution >= 0.6 is 0 Å². The molecule has 4 nitrogen and oxygen atoms in total. The van der Waals surface area contributed by atoms with Gasteiger partial charge < -0.3 is 15.4 Å². The number of urea groups is 1. The van der Waals surface area contributed by atoms with Crippen molar-refractivity contribution < 1.29 is 35.9 Å². The number of anilines is 1. The third-order valence-electron chi connectivity index (χ3n) is 3.12. The first-order valence-corrected chi connectivity index (χ1v) is 7.11. The molecule has 0 aliphatic rings. The van der Waals surface area contributed by atoms with Crippen LogP contribution in [0, 0.1) is 0 Å². The van der Waals surface area contributed by atoms with Crippen LogP contribution in [0.1, 0.15) is 11.1 Å². The summed E-state index contributed by atoms with van der Waals surface area (Å²) in [5, 5.41) is 4.27. The van der Waals surface area contributed by atoms with E-state index in [1.165, 1.54) is 30.3 Å². The summed E-state index contributed by atoms with van der Waals surface area (Å²) in [5.74, 6) is -0.647. The quantitative estimate of drug-likeness (QED) is 0.742. The average Bonchev–Trinajstić information content (AvgIpc) is 2.53. The van der Waals surface area contributed by atoms with Crippen LogP contribution in [0.2, 0.25) is 0 Å². The average molecular weight is 378 g/mol. The highest BCUT2D eigenvalue weighted by molar-refractivity contribution is 5.90. The van der Waals surface area contributed by atoms with E-state index in [4.69, 9.17) is 0 Å². The van der Waals surface area contributed by atoms with Crippen LogP contribution in [0.5, 0.6) is 5.75 Å². The standard InChI is InChI=1S/C16H12F6N2O2/c17-15(18,19)11-6-2-1-5-10(11)9-23-14(25)24-12-7-3-4-8-13(12)26-16(20,21)22/h1-8H,9H2,(H2,23,24,25). The molecule has 2 aromatic carbocycles. The van der Waals surface area contributed by atoms with Crippen molar-refractivity contribution in [3.05, 3.63) is 59.7 Å². The Labute approximate surface area is 143 Å². The number of halogens is 6. The maximum atomic E-state index is 12.9. The lowest BCUT2D eigenvalue weighted by Gasteiger charge is -2.15. The molecule has 2 amide bonds. The molecule has 26 heavy (non-hydrogen) atoms. The van der Waals surface area contributed by atoms with E-state index in [9.17, 15) is 31.1 Å². The van der Waals surface area contributed by atoms with E-state index >= 15 is 0 Å². The van der Waals surface area contributed by atoms with Crippen molar-refractivity contribution in [2.45, 2.75) is 19.1 Å². The van der Waals surface area contributed by atoms with Gasteiger partial charge in [-0.3, -0.25) is 0 Å². The molecule has 10 heteroatoms.